The third-order valence-electron chi connectivity index (χ3n) is 3.11. The zero-order chi connectivity index (χ0) is 15.2. The SMILES string of the molecule is CN(CC(=O)NC(C)(C)C)C(=O)CN1CCCNCC1. The second-order valence-electron chi connectivity index (χ2n) is 6.43. The van der Waals surface area contributed by atoms with Crippen LogP contribution in [0.4, 0.5) is 0 Å². The molecule has 0 spiro atoms. The zero-order valence-electron chi connectivity index (χ0n) is 13.2. The van der Waals surface area contributed by atoms with E-state index in [0.717, 1.165) is 32.6 Å². The predicted molar refractivity (Wildman–Crippen MR) is 79.5 cm³/mol. The number of carbonyl (C=O) groups is 2. The Morgan fingerprint density at radius 2 is 1.95 bits per heavy atom. The molecule has 2 N–H and O–H groups in total. The molecule has 1 aliphatic rings. The Labute approximate surface area is 121 Å². The lowest BCUT2D eigenvalue weighted by Gasteiger charge is -2.25. The molecule has 0 atom stereocenters. The van der Waals surface area contributed by atoms with Gasteiger partial charge in [-0.1, -0.05) is 0 Å². The summed E-state index contributed by atoms with van der Waals surface area (Å²) in [7, 11) is 1.68. The molecule has 1 saturated heterocycles. The maximum absolute atomic E-state index is 12.1. The van der Waals surface area contributed by atoms with Crippen LogP contribution >= 0.6 is 0 Å². The van der Waals surface area contributed by atoms with Gasteiger partial charge in [0.1, 0.15) is 0 Å². The molecule has 0 aromatic rings. The molecule has 20 heavy (non-hydrogen) atoms. The van der Waals surface area contributed by atoms with Gasteiger partial charge in [0, 0.05) is 25.7 Å². The van der Waals surface area contributed by atoms with Gasteiger partial charge in [0.2, 0.25) is 11.8 Å². The summed E-state index contributed by atoms with van der Waals surface area (Å²) < 4.78 is 0. The maximum atomic E-state index is 12.1. The van der Waals surface area contributed by atoms with Crippen molar-refractivity contribution >= 4 is 11.8 Å². The lowest BCUT2D eigenvalue weighted by atomic mass is 10.1. The maximum Gasteiger partial charge on any atom is 0.240 e. The Hall–Kier alpha value is -1.14. The van der Waals surface area contributed by atoms with E-state index in [1.165, 1.54) is 4.90 Å². The van der Waals surface area contributed by atoms with Gasteiger partial charge in [-0.05, 0) is 40.3 Å². The summed E-state index contributed by atoms with van der Waals surface area (Å²) in [5.74, 6) is -0.123. The van der Waals surface area contributed by atoms with Gasteiger partial charge in [-0.3, -0.25) is 14.5 Å². The van der Waals surface area contributed by atoms with Crippen LogP contribution in [-0.2, 0) is 9.59 Å². The molecule has 1 fully saturated rings. The molecular weight excluding hydrogens is 256 g/mol. The van der Waals surface area contributed by atoms with Crippen molar-refractivity contribution in [1.29, 1.82) is 0 Å². The van der Waals surface area contributed by atoms with Crippen molar-refractivity contribution in [2.45, 2.75) is 32.7 Å². The van der Waals surface area contributed by atoms with Crippen LogP contribution in [0.15, 0.2) is 0 Å². The summed E-state index contributed by atoms with van der Waals surface area (Å²) >= 11 is 0. The van der Waals surface area contributed by atoms with Crippen LogP contribution in [0.25, 0.3) is 0 Å². The fraction of sp³-hybridized carbons (Fsp3) is 0.857. The number of rotatable bonds is 4. The molecule has 0 aromatic heterocycles. The van der Waals surface area contributed by atoms with Gasteiger partial charge in [-0.15, -0.1) is 0 Å². The first-order valence-corrected chi connectivity index (χ1v) is 7.26. The highest BCUT2D eigenvalue weighted by molar-refractivity contribution is 5.85. The summed E-state index contributed by atoms with van der Waals surface area (Å²) in [6, 6.07) is 0. The van der Waals surface area contributed by atoms with E-state index in [-0.39, 0.29) is 23.9 Å². The summed E-state index contributed by atoms with van der Waals surface area (Å²) in [5, 5.41) is 6.17. The Morgan fingerprint density at radius 1 is 1.25 bits per heavy atom. The lowest BCUT2D eigenvalue weighted by Crippen LogP contribution is -2.48. The highest BCUT2D eigenvalue weighted by Gasteiger charge is 2.19. The van der Waals surface area contributed by atoms with E-state index >= 15 is 0 Å². The van der Waals surface area contributed by atoms with Crippen molar-refractivity contribution in [2.75, 3.05) is 46.3 Å². The average molecular weight is 284 g/mol. The van der Waals surface area contributed by atoms with Gasteiger partial charge in [0.25, 0.3) is 0 Å². The number of carbonyl (C=O) groups excluding carboxylic acids is 2. The monoisotopic (exact) mass is 284 g/mol. The van der Waals surface area contributed by atoms with Gasteiger partial charge in [0.05, 0.1) is 13.1 Å². The van der Waals surface area contributed by atoms with Gasteiger partial charge in [-0.2, -0.15) is 0 Å². The third-order valence-corrected chi connectivity index (χ3v) is 3.11. The first-order valence-electron chi connectivity index (χ1n) is 7.26. The molecule has 0 saturated carbocycles. The average Bonchev–Trinajstić information content (AvgIpc) is 2.54. The second kappa shape index (κ2) is 7.59. The zero-order valence-corrected chi connectivity index (χ0v) is 13.2. The highest BCUT2D eigenvalue weighted by atomic mass is 16.2. The number of hydrogen-bond donors (Lipinski definition) is 2. The predicted octanol–water partition coefficient (Wildman–Crippen LogP) is -0.345. The van der Waals surface area contributed by atoms with Crippen LogP contribution in [-0.4, -0.2) is 73.5 Å². The van der Waals surface area contributed by atoms with Crippen LogP contribution in [0.1, 0.15) is 27.2 Å². The molecule has 1 aliphatic heterocycles. The minimum atomic E-state index is -0.266. The van der Waals surface area contributed by atoms with Crippen LogP contribution in [0, 0.1) is 0 Å². The number of nitrogens with one attached hydrogen (secondary N) is 2. The van der Waals surface area contributed by atoms with Crippen LogP contribution in [0.5, 0.6) is 0 Å². The molecule has 1 rings (SSSR count). The third kappa shape index (κ3) is 6.86. The number of amides is 2. The van der Waals surface area contributed by atoms with Crippen LogP contribution in [0.2, 0.25) is 0 Å². The molecule has 6 heteroatoms. The van der Waals surface area contributed by atoms with E-state index in [2.05, 4.69) is 15.5 Å². The molecular formula is C14H28N4O2. The molecule has 0 aromatic carbocycles. The standard InChI is InChI=1S/C14H28N4O2/c1-14(2,3)16-12(19)10-17(4)13(20)11-18-8-5-6-15-7-9-18/h15H,5-11H2,1-4H3,(H,16,19). The molecule has 2 amide bonds. The highest BCUT2D eigenvalue weighted by Crippen LogP contribution is 2.00. The van der Waals surface area contributed by atoms with Crippen molar-refractivity contribution < 1.29 is 9.59 Å². The van der Waals surface area contributed by atoms with Crippen molar-refractivity contribution in [2.24, 2.45) is 0 Å². The minimum Gasteiger partial charge on any atom is -0.350 e. The van der Waals surface area contributed by atoms with E-state index in [9.17, 15) is 9.59 Å². The van der Waals surface area contributed by atoms with Gasteiger partial charge < -0.3 is 15.5 Å². The first-order chi connectivity index (χ1) is 9.28. The van der Waals surface area contributed by atoms with Crippen molar-refractivity contribution in [1.82, 2.24) is 20.4 Å². The van der Waals surface area contributed by atoms with Crippen LogP contribution < -0.4 is 10.6 Å². The first kappa shape index (κ1) is 16.9. The molecule has 0 bridgehead atoms. The molecule has 0 unspecified atom stereocenters. The second-order valence-corrected chi connectivity index (χ2v) is 6.43. The van der Waals surface area contributed by atoms with E-state index in [0.29, 0.717) is 6.54 Å². The quantitative estimate of drug-likeness (QED) is 0.741. The normalized spacial score (nSPS) is 17.4. The van der Waals surface area contributed by atoms with E-state index < -0.39 is 0 Å². The molecule has 0 aliphatic carbocycles. The minimum absolute atomic E-state index is 0.00374. The summed E-state index contributed by atoms with van der Waals surface area (Å²) in [6.45, 7) is 10.0. The molecule has 6 nitrogen and oxygen atoms in total. The Bertz CT molecular complexity index is 331. The van der Waals surface area contributed by atoms with E-state index in [1.54, 1.807) is 7.05 Å². The Morgan fingerprint density at radius 3 is 2.60 bits per heavy atom. The lowest BCUT2D eigenvalue weighted by molar-refractivity contribution is -0.136. The van der Waals surface area contributed by atoms with Gasteiger partial charge in [-0.25, -0.2) is 0 Å². The number of nitrogens with zero attached hydrogens (tertiary/aromatic N) is 2. The largest absolute Gasteiger partial charge is 0.350 e. The summed E-state index contributed by atoms with van der Waals surface area (Å²) in [5.41, 5.74) is -0.266. The fourth-order valence-corrected chi connectivity index (χ4v) is 2.13. The van der Waals surface area contributed by atoms with Gasteiger partial charge in [0.15, 0.2) is 0 Å². The van der Waals surface area contributed by atoms with Gasteiger partial charge >= 0.3 is 0 Å². The summed E-state index contributed by atoms with van der Waals surface area (Å²) in [6.07, 6.45) is 1.06. The van der Waals surface area contributed by atoms with Crippen molar-refractivity contribution in [3.05, 3.63) is 0 Å². The molecule has 1 heterocycles. The van der Waals surface area contributed by atoms with Crippen molar-refractivity contribution in [3.63, 3.8) is 0 Å². The number of likely N-dealkylation sites (N-methyl/N-ethyl adjacent to an activating group) is 1. The fourth-order valence-electron chi connectivity index (χ4n) is 2.13. The van der Waals surface area contributed by atoms with Crippen LogP contribution in [0.3, 0.4) is 0 Å². The summed E-state index contributed by atoms with van der Waals surface area (Å²) in [4.78, 5) is 27.5. The molecule has 116 valence electrons. The Kier molecular flexibility index (Phi) is 6.42. The smallest absolute Gasteiger partial charge is 0.240 e. The van der Waals surface area contributed by atoms with E-state index in [4.69, 9.17) is 0 Å². The Balaban J connectivity index is 2.36. The number of hydrogen-bond acceptors (Lipinski definition) is 4. The molecule has 0 radical (unpaired) electrons. The van der Waals surface area contributed by atoms with E-state index in [1.807, 2.05) is 20.8 Å². The van der Waals surface area contributed by atoms with Crippen molar-refractivity contribution in [3.8, 4) is 0 Å². The topological polar surface area (TPSA) is 64.7 Å².